The summed E-state index contributed by atoms with van der Waals surface area (Å²) >= 11 is 1.43. The van der Waals surface area contributed by atoms with E-state index in [0.29, 0.717) is 18.2 Å². The number of ether oxygens (including phenoxy) is 1. The standard InChI is InChI=1S/C24H26N4O2S/c1-5-27(15-18-9-7-6-8-10-18)23(29)17(3)31-24-26-25-22-13-16(2)20-12-11-19(30-4)14-21(20)28(22)24/h6-14,17H,5,15H2,1-4H3. The molecular formula is C24H26N4O2S. The molecule has 2 heterocycles. The second-order valence-corrected chi connectivity index (χ2v) is 8.79. The first-order valence-electron chi connectivity index (χ1n) is 10.3. The number of methoxy groups -OCH3 is 1. The van der Waals surface area contributed by atoms with Gasteiger partial charge in [0.25, 0.3) is 0 Å². The maximum absolute atomic E-state index is 13.2. The number of amides is 1. The average Bonchev–Trinajstić information content (AvgIpc) is 3.19. The largest absolute Gasteiger partial charge is 0.497 e. The van der Waals surface area contributed by atoms with Crippen molar-refractivity contribution in [3.05, 3.63) is 65.7 Å². The van der Waals surface area contributed by atoms with Crippen molar-refractivity contribution in [1.82, 2.24) is 19.5 Å². The van der Waals surface area contributed by atoms with E-state index in [-0.39, 0.29) is 11.2 Å². The van der Waals surface area contributed by atoms with Gasteiger partial charge in [0.1, 0.15) is 5.75 Å². The predicted molar refractivity (Wildman–Crippen MR) is 125 cm³/mol. The fourth-order valence-corrected chi connectivity index (χ4v) is 4.67. The molecule has 0 spiro atoms. The van der Waals surface area contributed by atoms with Gasteiger partial charge < -0.3 is 9.64 Å². The number of hydrogen-bond donors (Lipinski definition) is 0. The van der Waals surface area contributed by atoms with E-state index in [2.05, 4.69) is 17.1 Å². The lowest BCUT2D eigenvalue weighted by molar-refractivity contribution is -0.130. The Morgan fingerprint density at radius 2 is 1.94 bits per heavy atom. The van der Waals surface area contributed by atoms with Crippen LogP contribution in [-0.4, -0.2) is 44.3 Å². The zero-order valence-electron chi connectivity index (χ0n) is 18.2. The monoisotopic (exact) mass is 434 g/mol. The quantitative estimate of drug-likeness (QED) is 0.394. The van der Waals surface area contributed by atoms with Gasteiger partial charge in [-0.3, -0.25) is 9.20 Å². The molecule has 1 amide bonds. The van der Waals surface area contributed by atoms with E-state index in [9.17, 15) is 4.79 Å². The Bertz CT molecular complexity index is 1220. The van der Waals surface area contributed by atoms with Crippen molar-refractivity contribution >= 4 is 34.2 Å². The van der Waals surface area contributed by atoms with Crippen LogP contribution in [0.5, 0.6) is 5.75 Å². The number of fused-ring (bicyclic) bond motifs is 3. The Labute approximate surface area is 186 Å². The molecule has 0 aliphatic rings. The topological polar surface area (TPSA) is 59.7 Å². The fraction of sp³-hybridized carbons (Fsp3) is 0.292. The Morgan fingerprint density at radius 3 is 2.65 bits per heavy atom. The Morgan fingerprint density at radius 1 is 1.16 bits per heavy atom. The van der Waals surface area contributed by atoms with Gasteiger partial charge in [0.05, 0.1) is 17.9 Å². The smallest absolute Gasteiger partial charge is 0.236 e. The molecule has 4 aromatic rings. The molecule has 6 nitrogen and oxygen atoms in total. The molecule has 0 aliphatic heterocycles. The number of benzene rings is 2. The molecule has 0 N–H and O–H groups in total. The highest BCUT2D eigenvalue weighted by atomic mass is 32.2. The van der Waals surface area contributed by atoms with Crippen LogP contribution in [-0.2, 0) is 11.3 Å². The molecular weight excluding hydrogens is 408 g/mol. The van der Waals surface area contributed by atoms with E-state index < -0.39 is 0 Å². The third kappa shape index (κ3) is 4.23. The fourth-order valence-electron chi connectivity index (χ4n) is 3.72. The number of aryl methyl sites for hydroxylation is 1. The lowest BCUT2D eigenvalue weighted by Gasteiger charge is -2.24. The van der Waals surface area contributed by atoms with Crippen molar-refractivity contribution in [2.75, 3.05) is 13.7 Å². The van der Waals surface area contributed by atoms with Crippen molar-refractivity contribution in [3.8, 4) is 5.75 Å². The van der Waals surface area contributed by atoms with Crippen LogP contribution in [0.25, 0.3) is 16.6 Å². The summed E-state index contributed by atoms with van der Waals surface area (Å²) in [7, 11) is 1.66. The summed E-state index contributed by atoms with van der Waals surface area (Å²) in [6, 6.07) is 18.1. The normalized spacial score (nSPS) is 12.3. The van der Waals surface area contributed by atoms with Crippen LogP contribution >= 0.6 is 11.8 Å². The van der Waals surface area contributed by atoms with Crippen LogP contribution in [0.4, 0.5) is 0 Å². The first-order chi connectivity index (χ1) is 15.0. The lowest BCUT2D eigenvalue weighted by Crippen LogP contribution is -2.36. The second-order valence-electron chi connectivity index (χ2n) is 7.48. The predicted octanol–water partition coefficient (Wildman–Crippen LogP) is 4.73. The molecule has 31 heavy (non-hydrogen) atoms. The minimum absolute atomic E-state index is 0.0853. The molecule has 7 heteroatoms. The van der Waals surface area contributed by atoms with Crippen molar-refractivity contribution in [2.24, 2.45) is 0 Å². The number of rotatable bonds is 7. The number of thioether (sulfide) groups is 1. The van der Waals surface area contributed by atoms with Gasteiger partial charge in [0.15, 0.2) is 10.8 Å². The molecule has 2 aromatic carbocycles. The summed E-state index contributed by atoms with van der Waals surface area (Å²) < 4.78 is 7.43. The minimum atomic E-state index is -0.293. The van der Waals surface area contributed by atoms with Gasteiger partial charge in [-0.25, -0.2) is 0 Å². The molecule has 0 fully saturated rings. The number of carbonyl (C=O) groups is 1. The van der Waals surface area contributed by atoms with Crippen LogP contribution in [0.3, 0.4) is 0 Å². The molecule has 1 unspecified atom stereocenters. The first-order valence-corrected chi connectivity index (χ1v) is 11.2. The number of aromatic nitrogens is 3. The second kappa shape index (κ2) is 8.98. The minimum Gasteiger partial charge on any atom is -0.497 e. The van der Waals surface area contributed by atoms with Crippen LogP contribution < -0.4 is 4.74 Å². The van der Waals surface area contributed by atoms with Gasteiger partial charge in [0.2, 0.25) is 5.91 Å². The summed E-state index contributed by atoms with van der Waals surface area (Å²) in [5.74, 6) is 0.857. The molecule has 0 saturated heterocycles. The lowest BCUT2D eigenvalue weighted by atomic mass is 10.1. The van der Waals surface area contributed by atoms with Gasteiger partial charge in [0, 0.05) is 24.5 Å². The first kappa shape index (κ1) is 21.2. The van der Waals surface area contributed by atoms with Gasteiger partial charge in [-0.2, -0.15) is 0 Å². The molecule has 2 aromatic heterocycles. The van der Waals surface area contributed by atoms with Gasteiger partial charge in [-0.05, 0) is 50.1 Å². The highest BCUT2D eigenvalue weighted by Crippen LogP contribution is 2.30. The SMILES string of the molecule is CCN(Cc1ccccc1)C(=O)C(C)Sc1nnc2cc(C)c3ccc(OC)cc3n12. The Balaban J connectivity index is 1.64. The van der Waals surface area contributed by atoms with Crippen molar-refractivity contribution in [2.45, 2.75) is 37.7 Å². The van der Waals surface area contributed by atoms with E-state index in [1.165, 1.54) is 11.8 Å². The number of pyridine rings is 1. The molecule has 160 valence electrons. The summed E-state index contributed by atoms with van der Waals surface area (Å²) in [4.78, 5) is 15.1. The van der Waals surface area contributed by atoms with Crippen molar-refractivity contribution in [1.29, 1.82) is 0 Å². The molecule has 0 bridgehead atoms. The molecule has 0 aliphatic carbocycles. The highest BCUT2D eigenvalue weighted by molar-refractivity contribution is 8.00. The third-order valence-corrected chi connectivity index (χ3v) is 6.44. The highest BCUT2D eigenvalue weighted by Gasteiger charge is 2.23. The zero-order chi connectivity index (χ0) is 22.0. The summed E-state index contributed by atoms with van der Waals surface area (Å²) in [6.45, 7) is 7.25. The number of carbonyl (C=O) groups excluding carboxylic acids is 1. The van der Waals surface area contributed by atoms with Gasteiger partial charge >= 0.3 is 0 Å². The van der Waals surface area contributed by atoms with Crippen molar-refractivity contribution in [3.63, 3.8) is 0 Å². The zero-order valence-corrected chi connectivity index (χ0v) is 19.0. The maximum atomic E-state index is 13.2. The van der Waals surface area contributed by atoms with Crippen LogP contribution in [0.2, 0.25) is 0 Å². The molecule has 0 radical (unpaired) electrons. The van der Waals surface area contributed by atoms with Crippen LogP contribution in [0.1, 0.15) is 25.0 Å². The third-order valence-electron chi connectivity index (χ3n) is 5.41. The van der Waals surface area contributed by atoms with Gasteiger partial charge in [-0.1, -0.05) is 42.1 Å². The molecule has 1 atom stereocenters. The number of hydrogen-bond acceptors (Lipinski definition) is 5. The summed E-state index contributed by atoms with van der Waals surface area (Å²) in [5.41, 5.74) is 3.98. The van der Waals surface area contributed by atoms with E-state index in [4.69, 9.17) is 4.74 Å². The van der Waals surface area contributed by atoms with E-state index in [1.54, 1.807) is 7.11 Å². The maximum Gasteiger partial charge on any atom is 0.236 e. The molecule has 4 rings (SSSR count). The summed E-state index contributed by atoms with van der Waals surface area (Å²) in [6.07, 6.45) is 0. The van der Waals surface area contributed by atoms with E-state index in [1.807, 2.05) is 77.7 Å². The summed E-state index contributed by atoms with van der Waals surface area (Å²) in [5, 5.41) is 10.3. The van der Waals surface area contributed by atoms with Crippen LogP contribution in [0, 0.1) is 6.92 Å². The van der Waals surface area contributed by atoms with E-state index in [0.717, 1.165) is 33.4 Å². The van der Waals surface area contributed by atoms with E-state index >= 15 is 0 Å². The van der Waals surface area contributed by atoms with Crippen LogP contribution in [0.15, 0.2) is 59.8 Å². The molecule has 0 saturated carbocycles. The Kier molecular flexibility index (Phi) is 6.13. The van der Waals surface area contributed by atoms with Crippen molar-refractivity contribution < 1.29 is 9.53 Å². The average molecular weight is 435 g/mol. The Hall–Kier alpha value is -3.06. The number of nitrogens with zero attached hydrogens (tertiary/aromatic N) is 4. The van der Waals surface area contributed by atoms with Gasteiger partial charge in [-0.15, -0.1) is 10.2 Å².